The normalized spacial score (nSPS) is 14.7. The average molecular weight is 363 g/mol. The summed E-state index contributed by atoms with van der Waals surface area (Å²) in [5.41, 5.74) is 3.35. The van der Waals surface area contributed by atoms with Gasteiger partial charge in [0.25, 0.3) is 5.91 Å². The van der Waals surface area contributed by atoms with Crippen LogP contribution in [0.2, 0.25) is 0 Å². The van der Waals surface area contributed by atoms with Crippen molar-refractivity contribution in [2.75, 3.05) is 26.2 Å². The van der Waals surface area contributed by atoms with Gasteiger partial charge in [-0.15, -0.1) is 0 Å². The van der Waals surface area contributed by atoms with Gasteiger partial charge >= 0.3 is 0 Å². The monoisotopic (exact) mass is 363 g/mol. The molecule has 0 aliphatic carbocycles. The average Bonchev–Trinajstić information content (AvgIpc) is 3.36. The van der Waals surface area contributed by atoms with E-state index in [0.29, 0.717) is 23.6 Å². The molecule has 1 aliphatic heterocycles. The molecule has 1 amide bonds. The Labute approximate surface area is 159 Å². The molecule has 27 heavy (non-hydrogen) atoms. The van der Waals surface area contributed by atoms with Gasteiger partial charge in [0.2, 0.25) is 0 Å². The van der Waals surface area contributed by atoms with Crippen molar-refractivity contribution in [3.63, 3.8) is 0 Å². The third-order valence-electron chi connectivity index (χ3n) is 5.08. The summed E-state index contributed by atoms with van der Waals surface area (Å²) in [4.78, 5) is 19.3. The number of rotatable bonds is 7. The number of likely N-dealkylation sites (tertiary alicyclic amines) is 1. The topological polar surface area (TPSA) is 58.4 Å². The van der Waals surface area contributed by atoms with Crippen molar-refractivity contribution in [3.05, 3.63) is 65.5 Å². The highest BCUT2D eigenvalue weighted by molar-refractivity contribution is 5.97. The minimum absolute atomic E-state index is 0.0571. The lowest BCUT2D eigenvalue weighted by atomic mass is 10.1. The summed E-state index contributed by atoms with van der Waals surface area (Å²) >= 11 is 0. The second-order valence-electron chi connectivity index (χ2n) is 7.08. The van der Waals surface area contributed by atoms with Crippen molar-refractivity contribution in [1.82, 2.24) is 15.2 Å². The molecule has 0 unspecified atom stereocenters. The van der Waals surface area contributed by atoms with Gasteiger partial charge in [-0.2, -0.15) is 0 Å². The molecule has 0 bridgehead atoms. The van der Waals surface area contributed by atoms with Crippen molar-refractivity contribution < 1.29 is 9.21 Å². The fraction of sp³-hybridized carbons (Fsp3) is 0.364. The van der Waals surface area contributed by atoms with Gasteiger partial charge in [0.05, 0.1) is 0 Å². The quantitative estimate of drug-likeness (QED) is 0.699. The van der Waals surface area contributed by atoms with E-state index in [2.05, 4.69) is 27.3 Å². The van der Waals surface area contributed by atoms with Gasteiger partial charge in [-0.3, -0.25) is 4.79 Å². The fourth-order valence-electron chi connectivity index (χ4n) is 3.55. The molecule has 2 aromatic carbocycles. The molecule has 0 spiro atoms. The Hall–Kier alpha value is -2.66. The fourth-order valence-corrected chi connectivity index (χ4v) is 3.55. The summed E-state index contributed by atoms with van der Waals surface area (Å²) in [6.45, 7) is 3.88. The highest BCUT2D eigenvalue weighted by Gasteiger charge is 2.13. The van der Waals surface area contributed by atoms with Crippen LogP contribution in [0.5, 0.6) is 0 Å². The lowest BCUT2D eigenvalue weighted by molar-refractivity contribution is 0.0949. The van der Waals surface area contributed by atoms with E-state index in [0.717, 1.165) is 38.0 Å². The van der Waals surface area contributed by atoms with Gasteiger partial charge in [0, 0.05) is 25.1 Å². The molecule has 4 rings (SSSR count). The van der Waals surface area contributed by atoms with E-state index in [4.69, 9.17) is 4.42 Å². The van der Waals surface area contributed by atoms with Crippen molar-refractivity contribution in [2.24, 2.45) is 0 Å². The van der Waals surface area contributed by atoms with Gasteiger partial charge in [0.15, 0.2) is 11.5 Å². The van der Waals surface area contributed by atoms with E-state index >= 15 is 0 Å². The standard InChI is InChI=1S/C22H25N3O2/c26-22(23-12-15-25-13-4-5-14-25)18-9-10-19-20(16-18)27-21(24-19)11-8-17-6-2-1-3-7-17/h1-3,6-7,9-10,16H,4-5,8,11-15H2,(H,23,26). The van der Waals surface area contributed by atoms with Crippen LogP contribution in [0.4, 0.5) is 0 Å². The van der Waals surface area contributed by atoms with Crippen LogP contribution in [0.15, 0.2) is 52.9 Å². The second kappa shape index (κ2) is 8.35. The number of oxazole rings is 1. The molecule has 0 atom stereocenters. The second-order valence-corrected chi connectivity index (χ2v) is 7.08. The number of hydrogen-bond donors (Lipinski definition) is 1. The molecular weight excluding hydrogens is 338 g/mol. The Morgan fingerprint density at radius 1 is 1.07 bits per heavy atom. The zero-order valence-corrected chi connectivity index (χ0v) is 15.5. The smallest absolute Gasteiger partial charge is 0.251 e. The number of fused-ring (bicyclic) bond motifs is 1. The molecule has 5 nitrogen and oxygen atoms in total. The number of carbonyl (C=O) groups excluding carboxylic acids is 1. The maximum Gasteiger partial charge on any atom is 0.251 e. The molecule has 3 aromatic rings. The number of aryl methyl sites for hydroxylation is 2. The van der Waals surface area contributed by atoms with Crippen LogP contribution in [-0.2, 0) is 12.8 Å². The van der Waals surface area contributed by atoms with Crippen LogP contribution < -0.4 is 5.32 Å². The summed E-state index contributed by atoms with van der Waals surface area (Å²) in [7, 11) is 0. The Morgan fingerprint density at radius 3 is 2.70 bits per heavy atom. The molecular formula is C22H25N3O2. The van der Waals surface area contributed by atoms with Crippen LogP contribution in [0.3, 0.4) is 0 Å². The minimum Gasteiger partial charge on any atom is -0.441 e. The minimum atomic E-state index is -0.0571. The van der Waals surface area contributed by atoms with E-state index < -0.39 is 0 Å². The Bertz CT molecular complexity index is 898. The van der Waals surface area contributed by atoms with Gasteiger partial charge in [-0.1, -0.05) is 30.3 Å². The summed E-state index contributed by atoms with van der Waals surface area (Å²) in [5.74, 6) is 0.652. The maximum atomic E-state index is 12.4. The van der Waals surface area contributed by atoms with Gasteiger partial charge < -0.3 is 14.6 Å². The van der Waals surface area contributed by atoms with Crippen LogP contribution in [-0.4, -0.2) is 42.0 Å². The molecule has 1 fully saturated rings. The Morgan fingerprint density at radius 2 is 1.89 bits per heavy atom. The number of aromatic nitrogens is 1. The molecule has 2 heterocycles. The van der Waals surface area contributed by atoms with Crippen LogP contribution in [0.25, 0.3) is 11.1 Å². The third kappa shape index (κ3) is 4.55. The number of hydrogen-bond acceptors (Lipinski definition) is 4. The number of amides is 1. The molecule has 1 N–H and O–H groups in total. The largest absolute Gasteiger partial charge is 0.441 e. The summed E-state index contributed by atoms with van der Waals surface area (Å²) < 4.78 is 5.87. The predicted octanol–water partition coefficient (Wildman–Crippen LogP) is 3.44. The number of nitrogens with one attached hydrogen (secondary N) is 1. The molecule has 0 radical (unpaired) electrons. The molecule has 5 heteroatoms. The van der Waals surface area contributed by atoms with Crippen LogP contribution in [0, 0.1) is 0 Å². The van der Waals surface area contributed by atoms with E-state index in [9.17, 15) is 4.79 Å². The Kier molecular flexibility index (Phi) is 5.49. The highest BCUT2D eigenvalue weighted by Crippen LogP contribution is 2.19. The van der Waals surface area contributed by atoms with Crippen molar-refractivity contribution in [3.8, 4) is 0 Å². The zero-order chi connectivity index (χ0) is 18.5. The van der Waals surface area contributed by atoms with Crippen molar-refractivity contribution in [2.45, 2.75) is 25.7 Å². The number of benzene rings is 2. The zero-order valence-electron chi connectivity index (χ0n) is 15.5. The van der Waals surface area contributed by atoms with Gasteiger partial charge in [-0.05, 0) is 56.1 Å². The third-order valence-corrected chi connectivity index (χ3v) is 5.08. The number of nitrogens with zero attached hydrogens (tertiary/aromatic N) is 2. The van der Waals surface area contributed by atoms with E-state index in [1.54, 1.807) is 6.07 Å². The lowest BCUT2D eigenvalue weighted by Crippen LogP contribution is -2.33. The summed E-state index contributed by atoms with van der Waals surface area (Å²) in [5, 5.41) is 3.00. The van der Waals surface area contributed by atoms with E-state index in [-0.39, 0.29) is 5.91 Å². The van der Waals surface area contributed by atoms with E-state index in [1.807, 2.05) is 30.3 Å². The van der Waals surface area contributed by atoms with Crippen molar-refractivity contribution >= 4 is 17.0 Å². The van der Waals surface area contributed by atoms with Gasteiger partial charge in [-0.25, -0.2) is 4.98 Å². The first-order valence-corrected chi connectivity index (χ1v) is 9.72. The summed E-state index contributed by atoms with van der Waals surface area (Å²) in [6.07, 6.45) is 4.17. The van der Waals surface area contributed by atoms with Crippen LogP contribution in [0.1, 0.15) is 34.7 Å². The number of carbonyl (C=O) groups is 1. The molecule has 0 saturated carbocycles. The van der Waals surface area contributed by atoms with Gasteiger partial charge in [0.1, 0.15) is 5.52 Å². The highest BCUT2D eigenvalue weighted by atomic mass is 16.3. The maximum absolute atomic E-state index is 12.4. The first kappa shape index (κ1) is 17.7. The predicted molar refractivity (Wildman–Crippen MR) is 106 cm³/mol. The van der Waals surface area contributed by atoms with Crippen LogP contribution >= 0.6 is 0 Å². The molecule has 1 aliphatic rings. The molecule has 1 saturated heterocycles. The SMILES string of the molecule is O=C(NCCN1CCCC1)c1ccc2nc(CCc3ccccc3)oc2c1. The van der Waals surface area contributed by atoms with Crippen molar-refractivity contribution in [1.29, 1.82) is 0 Å². The molecule has 1 aromatic heterocycles. The first-order chi connectivity index (χ1) is 13.3. The first-order valence-electron chi connectivity index (χ1n) is 9.72. The molecule has 140 valence electrons. The summed E-state index contributed by atoms with van der Waals surface area (Å²) in [6, 6.07) is 15.8. The Balaban J connectivity index is 1.35. The lowest BCUT2D eigenvalue weighted by Gasteiger charge is -2.14. The van der Waals surface area contributed by atoms with E-state index in [1.165, 1.54) is 18.4 Å².